The van der Waals surface area contributed by atoms with E-state index in [0.29, 0.717) is 39.0 Å². The summed E-state index contributed by atoms with van der Waals surface area (Å²) in [5.41, 5.74) is 1.52. The lowest BCUT2D eigenvalue weighted by atomic mass is 10.1. The average Bonchev–Trinajstić information content (AvgIpc) is 2.98. The molecule has 1 aliphatic heterocycles. The van der Waals surface area contributed by atoms with E-state index in [1.807, 2.05) is 50.4 Å². The van der Waals surface area contributed by atoms with Gasteiger partial charge in [0.1, 0.15) is 0 Å². The monoisotopic (exact) mass is 465 g/mol. The summed E-state index contributed by atoms with van der Waals surface area (Å²) in [5, 5.41) is 0.437. The van der Waals surface area contributed by atoms with Crippen LogP contribution in [-0.4, -0.2) is 29.7 Å². The Hall–Kier alpha value is -1.67. The predicted octanol–water partition coefficient (Wildman–Crippen LogP) is 6.27. The van der Waals surface area contributed by atoms with Gasteiger partial charge < -0.3 is 9.47 Å². The number of rotatable bonds is 7. The summed E-state index contributed by atoms with van der Waals surface area (Å²) in [6.07, 6.45) is 3.77. The summed E-state index contributed by atoms with van der Waals surface area (Å²) in [5.74, 6) is 0.909. The Morgan fingerprint density at radius 2 is 1.97 bits per heavy atom. The molecule has 0 atom stereocenters. The molecule has 1 aliphatic rings. The van der Waals surface area contributed by atoms with E-state index in [1.54, 1.807) is 28.8 Å². The van der Waals surface area contributed by atoms with Crippen molar-refractivity contribution in [3.8, 4) is 11.5 Å². The van der Waals surface area contributed by atoms with Crippen molar-refractivity contribution in [3.05, 3.63) is 51.9 Å². The zero-order chi connectivity index (χ0) is 21.0. The fraction of sp³-hybridized carbons (Fsp3) is 0.238. The zero-order valence-corrected chi connectivity index (χ0v) is 19.4. The largest absolute Gasteiger partial charge is 0.490 e. The summed E-state index contributed by atoms with van der Waals surface area (Å²) < 4.78 is 11.8. The van der Waals surface area contributed by atoms with Gasteiger partial charge in [0.05, 0.1) is 28.8 Å². The third-order valence-corrected chi connectivity index (χ3v) is 6.33. The molecule has 0 saturated carbocycles. The van der Waals surface area contributed by atoms with E-state index in [1.165, 1.54) is 11.8 Å². The molecule has 2 aromatic carbocycles. The Morgan fingerprint density at radius 3 is 2.66 bits per heavy atom. The molecule has 0 spiro atoms. The number of carbonyl (C=O) groups is 1. The number of thioether (sulfide) groups is 2. The van der Waals surface area contributed by atoms with Crippen LogP contribution in [0.15, 0.2) is 46.2 Å². The number of ether oxygens (including phenoxy) is 2. The molecule has 1 fully saturated rings. The van der Waals surface area contributed by atoms with E-state index in [4.69, 9.17) is 33.3 Å². The van der Waals surface area contributed by atoms with Gasteiger partial charge in [-0.3, -0.25) is 9.69 Å². The molecule has 0 N–H and O–H groups in total. The lowest BCUT2D eigenvalue weighted by Gasteiger charge is -2.15. The Morgan fingerprint density at radius 1 is 1.21 bits per heavy atom. The minimum Gasteiger partial charge on any atom is -0.490 e. The van der Waals surface area contributed by atoms with Crippen LogP contribution in [0.4, 0.5) is 5.69 Å². The number of amides is 1. The second-order valence-corrected chi connectivity index (χ2v) is 8.88. The van der Waals surface area contributed by atoms with Crippen LogP contribution >= 0.6 is 47.3 Å². The van der Waals surface area contributed by atoms with Crippen molar-refractivity contribution < 1.29 is 14.3 Å². The quantitative estimate of drug-likeness (QED) is 0.273. The third-order valence-electron chi connectivity index (χ3n) is 4.02. The van der Waals surface area contributed by atoms with E-state index < -0.39 is 0 Å². The Kier molecular flexibility index (Phi) is 7.51. The zero-order valence-electron chi connectivity index (χ0n) is 16.2. The summed E-state index contributed by atoms with van der Waals surface area (Å²) in [7, 11) is 0. The van der Waals surface area contributed by atoms with Crippen LogP contribution in [0.25, 0.3) is 6.08 Å². The van der Waals surface area contributed by atoms with Gasteiger partial charge in [-0.05, 0) is 62.1 Å². The van der Waals surface area contributed by atoms with E-state index in [2.05, 4.69) is 0 Å². The topological polar surface area (TPSA) is 38.8 Å². The Bertz CT molecular complexity index is 978. The number of benzene rings is 2. The van der Waals surface area contributed by atoms with Gasteiger partial charge in [0.25, 0.3) is 5.91 Å². The SMILES string of the molecule is CCOc1cc(/C=C2/SC(=S)N(c3cccc(SC)c3)C2=O)cc(Cl)c1OCC. The maximum absolute atomic E-state index is 13.0. The van der Waals surface area contributed by atoms with Gasteiger partial charge in [0.2, 0.25) is 0 Å². The first-order chi connectivity index (χ1) is 14.0. The highest BCUT2D eigenvalue weighted by atomic mass is 35.5. The van der Waals surface area contributed by atoms with Crippen molar-refractivity contribution >= 4 is 69.3 Å². The number of carbonyl (C=O) groups excluding carboxylic acids is 1. The number of hydrogen-bond acceptors (Lipinski definition) is 6. The van der Waals surface area contributed by atoms with Gasteiger partial charge in [-0.2, -0.15) is 0 Å². The molecule has 0 unspecified atom stereocenters. The lowest BCUT2D eigenvalue weighted by Crippen LogP contribution is -2.27. The van der Waals surface area contributed by atoms with Crippen LogP contribution in [0.1, 0.15) is 19.4 Å². The number of hydrogen-bond donors (Lipinski definition) is 0. The molecule has 1 heterocycles. The number of anilines is 1. The second kappa shape index (κ2) is 9.89. The highest BCUT2D eigenvalue weighted by Crippen LogP contribution is 2.40. The van der Waals surface area contributed by atoms with Crippen LogP contribution in [0.2, 0.25) is 5.02 Å². The Balaban J connectivity index is 1.95. The number of nitrogens with zero attached hydrogens (tertiary/aromatic N) is 1. The van der Waals surface area contributed by atoms with Gasteiger partial charge in [-0.25, -0.2) is 0 Å². The third kappa shape index (κ3) is 4.91. The maximum Gasteiger partial charge on any atom is 0.270 e. The Labute approximate surface area is 189 Å². The molecule has 152 valence electrons. The van der Waals surface area contributed by atoms with Crippen molar-refractivity contribution in [1.82, 2.24) is 0 Å². The minimum absolute atomic E-state index is 0.152. The average molecular weight is 466 g/mol. The number of thiocarbonyl (C=S) groups is 1. The molecule has 2 aromatic rings. The van der Waals surface area contributed by atoms with Gasteiger partial charge in [-0.1, -0.05) is 41.6 Å². The van der Waals surface area contributed by atoms with Gasteiger partial charge in [0, 0.05) is 4.90 Å². The molecule has 0 bridgehead atoms. The van der Waals surface area contributed by atoms with Crippen LogP contribution in [0.3, 0.4) is 0 Å². The van der Waals surface area contributed by atoms with E-state index in [0.717, 1.165) is 16.1 Å². The fourth-order valence-electron chi connectivity index (χ4n) is 2.81. The van der Waals surface area contributed by atoms with E-state index in [-0.39, 0.29) is 5.91 Å². The van der Waals surface area contributed by atoms with E-state index >= 15 is 0 Å². The number of halogens is 1. The minimum atomic E-state index is -0.152. The standard InChI is InChI=1S/C21H20ClNO3S3/c1-4-25-17-10-13(9-16(22)19(17)26-5-2)11-18-20(24)23(21(27)29-18)14-7-6-8-15(12-14)28-3/h6-12H,4-5H2,1-3H3/b18-11+. The molecule has 3 rings (SSSR count). The molecule has 0 aliphatic carbocycles. The summed E-state index contributed by atoms with van der Waals surface area (Å²) in [4.78, 5) is 16.2. The summed E-state index contributed by atoms with van der Waals surface area (Å²) in [6, 6.07) is 11.3. The lowest BCUT2D eigenvalue weighted by molar-refractivity contribution is -0.113. The molecule has 29 heavy (non-hydrogen) atoms. The molecule has 1 amide bonds. The van der Waals surface area contributed by atoms with Crippen LogP contribution in [0.5, 0.6) is 11.5 Å². The first kappa shape index (κ1) is 22.0. The maximum atomic E-state index is 13.0. The first-order valence-corrected chi connectivity index (χ1v) is 11.8. The highest BCUT2D eigenvalue weighted by Gasteiger charge is 2.33. The van der Waals surface area contributed by atoms with E-state index in [9.17, 15) is 4.79 Å². The second-order valence-electron chi connectivity index (χ2n) is 5.91. The van der Waals surface area contributed by atoms with Crippen molar-refractivity contribution in [2.75, 3.05) is 24.4 Å². The molecule has 1 saturated heterocycles. The first-order valence-electron chi connectivity index (χ1n) is 8.99. The summed E-state index contributed by atoms with van der Waals surface area (Å²) >= 11 is 14.8. The molecular weight excluding hydrogens is 446 g/mol. The molecule has 8 heteroatoms. The van der Waals surface area contributed by atoms with Gasteiger partial charge in [-0.15, -0.1) is 11.8 Å². The van der Waals surface area contributed by atoms with Gasteiger partial charge >= 0.3 is 0 Å². The molecule has 4 nitrogen and oxygen atoms in total. The molecule has 0 aromatic heterocycles. The van der Waals surface area contributed by atoms with Gasteiger partial charge in [0.15, 0.2) is 15.8 Å². The molecule has 0 radical (unpaired) electrons. The fourth-order valence-corrected chi connectivity index (χ4v) is 4.84. The van der Waals surface area contributed by atoms with Crippen LogP contribution in [-0.2, 0) is 4.79 Å². The summed E-state index contributed by atoms with van der Waals surface area (Å²) in [6.45, 7) is 4.74. The van der Waals surface area contributed by atoms with Crippen molar-refractivity contribution in [2.45, 2.75) is 18.7 Å². The molecular formula is C21H20ClNO3S3. The smallest absolute Gasteiger partial charge is 0.270 e. The van der Waals surface area contributed by atoms with Crippen molar-refractivity contribution in [2.24, 2.45) is 0 Å². The normalized spacial score (nSPS) is 15.3. The highest BCUT2D eigenvalue weighted by molar-refractivity contribution is 8.27. The van der Waals surface area contributed by atoms with Crippen LogP contribution in [0, 0.1) is 0 Å². The predicted molar refractivity (Wildman–Crippen MR) is 128 cm³/mol. The van der Waals surface area contributed by atoms with Crippen molar-refractivity contribution in [3.63, 3.8) is 0 Å². The van der Waals surface area contributed by atoms with Crippen LogP contribution < -0.4 is 14.4 Å². The van der Waals surface area contributed by atoms with Crippen molar-refractivity contribution in [1.29, 1.82) is 0 Å².